The highest BCUT2D eigenvalue weighted by Gasteiger charge is 2.25. The van der Waals surface area contributed by atoms with Crippen molar-refractivity contribution in [2.45, 2.75) is 6.42 Å². The van der Waals surface area contributed by atoms with Gasteiger partial charge in [0.1, 0.15) is 0 Å². The number of rotatable bonds is 6. The van der Waals surface area contributed by atoms with Gasteiger partial charge in [-0.2, -0.15) is 0 Å². The van der Waals surface area contributed by atoms with Crippen LogP contribution >= 0.6 is 35.5 Å². The van der Waals surface area contributed by atoms with Crippen LogP contribution in [-0.4, -0.2) is 0 Å². The topological polar surface area (TPSA) is 34.1 Å². The minimum atomic E-state index is -3.13. The number of hydrogen-bond acceptors (Lipinski definition) is 2. The zero-order valence-electron chi connectivity index (χ0n) is 16.6. The van der Waals surface area contributed by atoms with E-state index in [0.29, 0.717) is 27.6 Å². The van der Waals surface area contributed by atoms with Gasteiger partial charge in [0.25, 0.3) is 0 Å². The van der Waals surface area contributed by atoms with E-state index in [4.69, 9.17) is 22.5 Å². The fourth-order valence-corrected chi connectivity index (χ4v) is 7.51. The minimum Gasteiger partial charge on any atom is -0.296 e. The third-order valence-corrected chi connectivity index (χ3v) is 11.3. The highest BCUT2D eigenvalue weighted by molar-refractivity contribution is 8.01. The Morgan fingerprint density at radius 3 is 1.06 bits per heavy atom. The molecule has 0 bridgehead atoms. The lowest BCUT2D eigenvalue weighted by Crippen LogP contribution is -2.12. The molecule has 6 heteroatoms. The van der Waals surface area contributed by atoms with Gasteiger partial charge in [-0.1, -0.05) is 84.9 Å². The van der Waals surface area contributed by atoms with Gasteiger partial charge in [0.05, 0.1) is 0 Å². The Morgan fingerprint density at radius 2 is 0.742 bits per heavy atom. The Morgan fingerprint density at radius 1 is 0.452 bits per heavy atom. The van der Waals surface area contributed by atoms with Crippen LogP contribution in [0, 0.1) is 0 Å². The SMILES string of the molecule is O=P(Cl)(c1ccccc1)c1ccc(Cc2ccc(P(=O)(Cl)c3ccccc3)cc2)cc1. The van der Waals surface area contributed by atoms with Crippen LogP contribution < -0.4 is 21.2 Å². The predicted octanol–water partition coefficient (Wildman–Crippen LogP) is 6.21. The van der Waals surface area contributed by atoms with E-state index in [-0.39, 0.29) is 0 Å². The lowest BCUT2D eigenvalue weighted by molar-refractivity contribution is 0.594. The number of hydrogen-bond donors (Lipinski definition) is 0. The molecule has 0 aliphatic rings. The Labute approximate surface area is 192 Å². The maximum Gasteiger partial charge on any atom is 0.225 e. The molecule has 4 rings (SSSR count). The summed E-state index contributed by atoms with van der Waals surface area (Å²) < 4.78 is 26.1. The molecule has 2 unspecified atom stereocenters. The van der Waals surface area contributed by atoms with E-state index in [0.717, 1.165) is 11.1 Å². The smallest absolute Gasteiger partial charge is 0.225 e. The van der Waals surface area contributed by atoms with Gasteiger partial charge in [0.2, 0.25) is 13.0 Å². The van der Waals surface area contributed by atoms with Crippen molar-refractivity contribution in [1.29, 1.82) is 0 Å². The van der Waals surface area contributed by atoms with E-state index < -0.39 is 13.0 Å². The summed E-state index contributed by atoms with van der Waals surface area (Å²) in [6.07, 6.45) is 0.691. The molecular weight excluding hydrogens is 465 g/mol. The van der Waals surface area contributed by atoms with Crippen molar-refractivity contribution in [2.24, 2.45) is 0 Å². The fourth-order valence-electron chi connectivity index (χ4n) is 3.38. The van der Waals surface area contributed by atoms with Crippen LogP contribution in [0.4, 0.5) is 0 Å². The molecule has 2 atom stereocenters. The summed E-state index contributed by atoms with van der Waals surface area (Å²) in [5, 5.41) is 2.49. The van der Waals surface area contributed by atoms with E-state index >= 15 is 0 Å². The van der Waals surface area contributed by atoms with Crippen LogP contribution in [0.15, 0.2) is 109 Å². The molecule has 0 heterocycles. The van der Waals surface area contributed by atoms with Gasteiger partial charge >= 0.3 is 0 Å². The van der Waals surface area contributed by atoms with E-state index in [1.54, 1.807) is 24.3 Å². The van der Waals surface area contributed by atoms with Crippen molar-refractivity contribution < 1.29 is 9.13 Å². The summed E-state index contributed by atoms with van der Waals surface area (Å²) >= 11 is 12.9. The number of halogens is 2. The zero-order valence-corrected chi connectivity index (χ0v) is 19.9. The first-order valence-corrected chi connectivity index (χ1v) is 15.0. The first kappa shape index (κ1) is 22.1. The molecule has 0 fully saturated rings. The molecule has 156 valence electrons. The average molecular weight is 485 g/mol. The molecule has 4 aromatic carbocycles. The van der Waals surface area contributed by atoms with Crippen molar-refractivity contribution in [1.82, 2.24) is 0 Å². The van der Waals surface area contributed by atoms with Crippen LogP contribution in [0.25, 0.3) is 0 Å². The van der Waals surface area contributed by atoms with Gasteiger partial charge in [-0.05, 0) is 64.3 Å². The van der Waals surface area contributed by atoms with Crippen molar-refractivity contribution in [2.75, 3.05) is 0 Å². The summed E-state index contributed by atoms with van der Waals surface area (Å²) in [6.45, 7) is -6.26. The maximum atomic E-state index is 13.1. The molecule has 0 aromatic heterocycles. The molecular formula is C25H20Cl2O2P2. The molecule has 0 saturated heterocycles. The van der Waals surface area contributed by atoms with Crippen LogP contribution in [0.1, 0.15) is 11.1 Å². The summed E-state index contributed by atoms with van der Waals surface area (Å²) in [6, 6.07) is 33.3. The largest absolute Gasteiger partial charge is 0.296 e. The molecule has 4 aromatic rings. The van der Waals surface area contributed by atoms with E-state index in [1.165, 1.54) is 0 Å². The quantitative estimate of drug-likeness (QED) is 0.304. The van der Waals surface area contributed by atoms with E-state index in [2.05, 4.69) is 0 Å². The van der Waals surface area contributed by atoms with Crippen LogP contribution in [0.5, 0.6) is 0 Å². The van der Waals surface area contributed by atoms with Gasteiger partial charge in [-0.3, -0.25) is 9.13 Å². The van der Waals surface area contributed by atoms with Crippen LogP contribution in [-0.2, 0) is 15.6 Å². The Bertz CT molecular complexity index is 1160. The summed E-state index contributed by atoms with van der Waals surface area (Å²) in [5.74, 6) is 0. The molecule has 2 nitrogen and oxygen atoms in total. The Kier molecular flexibility index (Phi) is 6.56. The van der Waals surface area contributed by atoms with Crippen molar-refractivity contribution >= 4 is 56.7 Å². The monoisotopic (exact) mass is 484 g/mol. The van der Waals surface area contributed by atoms with Crippen LogP contribution in [0.2, 0.25) is 0 Å². The van der Waals surface area contributed by atoms with Gasteiger partial charge < -0.3 is 0 Å². The van der Waals surface area contributed by atoms with Gasteiger partial charge in [-0.15, -0.1) is 0 Å². The minimum absolute atomic E-state index is 0.616. The second-order valence-electron chi connectivity index (χ2n) is 7.25. The standard InChI is InChI=1S/C25H20Cl2O2P2/c26-30(28,22-7-3-1-4-8-22)24-15-11-20(12-16-24)19-21-13-17-25(18-14-21)31(27,29)23-9-5-2-6-10-23/h1-18H,19H2. The van der Waals surface area contributed by atoms with E-state index in [9.17, 15) is 9.13 Å². The summed E-state index contributed by atoms with van der Waals surface area (Å²) in [4.78, 5) is 0. The second kappa shape index (κ2) is 9.19. The third-order valence-electron chi connectivity index (χ3n) is 5.12. The van der Waals surface area contributed by atoms with Crippen molar-refractivity contribution in [3.63, 3.8) is 0 Å². The van der Waals surface area contributed by atoms with E-state index in [1.807, 2.05) is 84.9 Å². The maximum absolute atomic E-state index is 13.1. The van der Waals surface area contributed by atoms with Gasteiger partial charge in [-0.25, -0.2) is 0 Å². The predicted molar refractivity (Wildman–Crippen MR) is 134 cm³/mol. The lowest BCUT2D eigenvalue weighted by Gasteiger charge is -2.13. The molecule has 0 aliphatic carbocycles. The summed E-state index contributed by atoms with van der Waals surface area (Å²) in [5.41, 5.74) is 2.14. The summed E-state index contributed by atoms with van der Waals surface area (Å²) in [7, 11) is 0. The zero-order chi connectivity index (χ0) is 21.9. The van der Waals surface area contributed by atoms with Crippen molar-refractivity contribution in [3.8, 4) is 0 Å². The highest BCUT2D eigenvalue weighted by Crippen LogP contribution is 2.49. The third kappa shape index (κ3) is 4.89. The molecule has 0 saturated carbocycles. The molecule has 0 aliphatic heterocycles. The molecule has 0 amide bonds. The Balaban J connectivity index is 1.50. The van der Waals surface area contributed by atoms with Gasteiger partial charge in [0, 0.05) is 21.2 Å². The first-order chi connectivity index (χ1) is 14.9. The normalized spacial score (nSPS) is 15.0. The molecule has 0 N–H and O–H groups in total. The first-order valence-electron chi connectivity index (χ1n) is 9.77. The Hall–Kier alpha value is -2.08. The average Bonchev–Trinajstić information content (AvgIpc) is 2.81. The lowest BCUT2D eigenvalue weighted by atomic mass is 10.1. The van der Waals surface area contributed by atoms with Crippen molar-refractivity contribution in [3.05, 3.63) is 120 Å². The highest BCUT2D eigenvalue weighted by atomic mass is 35.7. The van der Waals surface area contributed by atoms with Gasteiger partial charge in [0.15, 0.2) is 0 Å². The molecule has 0 radical (unpaired) electrons. The molecule has 0 spiro atoms. The molecule has 31 heavy (non-hydrogen) atoms. The number of benzene rings is 4. The van der Waals surface area contributed by atoms with Crippen LogP contribution in [0.3, 0.4) is 0 Å². The fraction of sp³-hybridized carbons (Fsp3) is 0.0400. The second-order valence-corrected chi connectivity index (χ2v) is 14.3.